The number of aromatic carboxylic acids is 1. The van der Waals surface area contributed by atoms with Crippen LogP contribution in [0, 0.1) is 5.41 Å². The molecule has 1 saturated carbocycles. The van der Waals surface area contributed by atoms with Gasteiger partial charge in [-0.05, 0) is 30.4 Å². The van der Waals surface area contributed by atoms with Crippen molar-refractivity contribution in [1.82, 2.24) is 9.55 Å². The molecule has 0 unspecified atom stereocenters. The van der Waals surface area contributed by atoms with Gasteiger partial charge in [0.1, 0.15) is 11.3 Å². The summed E-state index contributed by atoms with van der Waals surface area (Å²) in [5.74, 6) is 0.0896. The molecule has 0 aliphatic heterocycles. The summed E-state index contributed by atoms with van der Waals surface area (Å²) < 4.78 is 2.24. The van der Waals surface area contributed by atoms with Crippen LogP contribution < -0.4 is 0 Å². The molecule has 4 heteroatoms. The normalized spacial score (nSPS) is 17.4. The molecule has 1 heterocycles. The number of benzene rings is 1. The molecule has 1 aromatic carbocycles. The lowest BCUT2D eigenvalue weighted by Crippen LogP contribution is -2.21. The Hall–Kier alpha value is -1.84. The molecule has 3 rings (SSSR count). The van der Waals surface area contributed by atoms with E-state index in [1.807, 2.05) is 12.1 Å². The number of hydrogen-bond donors (Lipinski definition) is 1. The second-order valence-electron chi connectivity index (χ2n) is 6.46. The Labute approximate surface area is 124 Å². The van der Waals surface area contributed by atoms with Crippen LogP contribution in [0.4, 0.5) is 0 Å². The molecule has 1 fully saturated rings. The van der Waals surface area contributed by atoms with E-state index in [9.17, 15) is 9.90 Å². The van der Waals surface area contributed by atoms with Gasteiger partial charge in [-0.15, -0.1) is 0 Å². The molecular weight excluding hydrogens is 264 g/mol. The van der Waals surface area contributed by atoms with Crippen molar-refractivity contribution < 1.29 is 9.90 Å². The summed E-state index contributed by atoms with van der Waals surface area (Å²) in [6.07, 6.45) is 5.91. The average molecular weight is 286 g/mol. The lowest BCUT2D eigenvalue weighted by Gasteiger charge is -2.25. The largest absolute Gasteiger partial charge is 0.478 e. The van der Waals surface area contributed by atoms with Gasteiger partial charge in [0.2, 0.25) is 0 Å². The maximum absolute atomic E-state index is 11.4. The van der Waals surface area contributed by atoms with Gasteiger partial charge in [0.05, 0.1) is 11.1 Å². The van der Waals surface area contributed by atoms with Crippen LogP contribution in [0.2, 0.25) is 0 Å². The maximum atomic E-state index is 11.4. The topological polar surface area (TPSA) is 55.1 Å². The molecule has 4 nitrogen and oxygen atoms in total. The van der Waals surface area contributed by atoms with Crippen LogP contribution in [0.3, 0.4) is 0 Å². The highest BCUT2D eigenvalue weighted by molar-refractivity contribution is 6.01. The zero-order valence-electron chi connectivity index (χ0n) is 12.7. The number of carboxylic acids is 1. The number of carbonyl (C=O) groups is 1. The fourth-order valence-electron chi connectivity index (χ4n) is 3.58. The van der Waals surface area contributed by atoms with E-state index in [1.165, 1.54) is 25.7 Å². The SMILES string of the molecule is CCc1nc2c(C(=O)O)cccc2n1CC1(C)CCCC1. The monoisotopic (exact) mass is 286 g/mol. The second kappa shape index (κ2) is 5.17. The molecule has 0 amide bonds. The van der Waals surface area contributed by atoms with Crippen molar-refractivity contribution in [2.45, 2.75) is 52.5 Å². The molecule has 0 bridgehead atoms. The number of nitrogens with zero attached hydrogens (tertiary/aromatic N) is 2. The lowest BCUT2D eigenvalue weighted by atomic mass is 9.88. The fraction of sp³-hybridized carbons (Fsp3) is 0.529. The Morgan fingerprint density at radius 1 is 1.38 bits per heavy atom. The first-order chi connectivity index (χ1) is 10.0. The number of imidazole rings is 1. The van der Waals surface area contributed by atoms with Crippen LogP contribution in [-0.2, 0) is 13.0 Å². The Morgan fingerprint density at radius 2 is 2.10 bits per heavy atom. The van der Waals surface area contributed by atoms with Crippen molar-refractivity contribution in [3.05, 3.63) is 29.6 Å². The van der Waals surface area contributed by atoms with Crippen LogP contribution in [-0.4, -0.2) is 20.6 Å². The fourth-order valence-corrected chi connectivity index (χ4v) is 3.58. The number of fused-ring (bicyclic) bond motifs is 1. The van der Waals surface area contributed by atoms with Crippen molar-refractivity contribution >= 4 is 17.0 Å². The summed E-state index contributed by atoms with van der Waals surface area (Å²) in [6.45, 7) is 5.36. The minimum absolute atomic E-state index is 0.303. The third-order valence-corrected chi connectivity index (χ3v) is 4.76. The van der Waals surface area contributed by atoms with Crippen LogP contribution >= 0.6 is 0 Å². The van der Waals surface area contributed by atoms with E-state index < -0.39 is 5.97 Å². The number of aryl methyl sites for hydroxylation is 1. The summed E-state index contributed by atoms with van der Waals surface area (Å²) in [7, 11) is 0. The molecule has 0 radical (unpaired) electrons. The van der Waals surface area contributed by atoms with Gasteiger partial charge in [-0.1, -0.05) is 32.8 Å². The summed E-state index contributed by atoms with van der Waals surface area (Å²) in [5.41, 5.74) is 2.21. The van der Waals surface area contributed by atoms with Gasteiger partial charge >= 0.3 is 5.97 Å². The van der Waals surface area contributed by atoms with Gasteiger partial charge in [-0.3, -0.25) is 0 Å². The predicted molar refractivity (Wildman–Crippen MR) is 82.6 cm³/mol. The molecule has 0 atom stereocenters. The number of hydrogen-bond acceptors (Lipinski definition) is 2. The molecule has 21 heavy (non-hydrogen) atoms. The molecule has 0 spiro atoms. The van der Waals surface area contributed by atoms with E-state index in [1.54, 1.807) is 6.07 Å². The summed E-state index contributed by atoms with van der Waals surface area (Å²) in [5, 5.41) is 9.34. The molecule has 0 saturated heterocycles. The van der Waals surface area contributed by atoms with Gasteiger partial charge < -0.3 is 9.67 Å². The van der Waals surface area contributed by atoms with E-state index in [2.05, 4.69) is 23.4 Å². The van der Waals surface area contributed by atoms with Gasteiger partial charge in [0.25, 0.3) is 0 Å². The molecule has 1 aliphatic rings. The molecule has 1 aliphatic carbocycles. The number of rotatable bonds is 4. The highest BCUT2D eigenvalue weighted by Crippen LogP contribution is 2.40. The van der Waals surface area contributed by atoms with E-state index in [0.717, 1.165) is 24.3 Å². The number of carboxylic acid groups (broad SMARTS) is 1. The van der Waals surface area contributed by atoms with Crippen molar-refractivity contribution in [2.24, 2.45) is 5.41 Å². The highest BCUT2D eigenvalue weighted by Gasteiger charge is 2.30. The average Bonchev–Trinajstić information content (AvgIpc) is 3.03. The van der Waals surface area contributed by atoms with Crippen molar-refractivity contribution in [1.29, 1.82) is 0 Å². The third kappa shape index (κ3) is 2.43. The first kappa shape index (κ1) is 14.1. The van der Waals surface area contributed by atoms with Crippen molar-refractivity contribution in [3.8, 4) is 0 Å². The van der Waals surface area contributed by atoms with E-state index >= 15 is 0 Å². The van der Waals surface area contributed by atoms with Crippen molar-refractivity contribution in [3.63, 3.8) is 0 Å². The first-order valence-corrected chi connectivity index (χ1v) is 7.75. The van der Waals surface area contributed by atoms with E-state index in [-0.39, 0.29) is 0 Å². The zero-order valence-corrected chi connectivity index (χ0v) is 12.7. The van der Waals surface area contributed by atoms with Crippen LogP contribution in [0.15, 0.2) is 18.2 Å². The molecule has 1 aromatic heterocycles. The Morgan fingerprint density at radius 3 is 2.71 bits per heavy atom. The molecular formula is C17H22N2O2. The minimum atomic E-state index is -0.903. The Bertz CT molecular complexity index is 681. The van der Waals surface area contributed by atoms with Gasteiger partial charge in [-0.25, -0.2) is 9.78 Å². The van der Waals surface area contributed by atoms with Crippen LogP contribution in [0.1, 0.15) is 55.7 Å². The molecule has 2 aromatic rings. The van der Waals surface area contributed by atoms with Gasteiger partial charge in [0, 0.05) is 13.0 Å². The number of aromatic nitrogens is 2. The smallest absolute Gasteiger partial charge is 0.337 e. The van der Waals surface area contributed by atoms with Gasteiger partial charge in [0.15, 0.2) is 0 Å². The second-order valence-corrected chi connectivity index (χ2v) is 6.46. The maximum Gasteiger partial charge on any atom is 0.337 e. The summed E-state index contributed by atoms with van der Waals surface area (Å²) in [6, 6.07) is 5.45. The molecule has 1 N–H and O–H groups in total. The first-order valence-electron chi connectivity index (χ1n) is 7.75. The standard InChI is InChI=1S/C17H22N2O2/c1-3-14-18-15-12(16(20)21)7-6-8-13(15)19(14)11-17(2)9-4-5-10-17/h6-8H,3-5,9-11H2,1-2H3,(H,20,21). The molecule has 112 valence electrons. The quantitative estimate of drug-likeness (QED) is 0.928. The highest BCUT2D eigenvalue weighted by atomic mass is 16.4. The third-order valence-electron chi connectivity index (χ3n) is 4.76. The van der Waals surface area contributed by atoms with Crippen LogP contribution in [0.25, 0.3) is 11.0 Å². The van der Waals surface area contributed by atoms with Gasteiger partial charge in [-0.2, -0.15) is 0 Å². The Balaban J connectivity index is 2.12. The summed E-state index contributed by atoms with van der Waals surface area (Å²) >= 11 is 0. The minimum Gasteiger partial charge on any atom is -0.478 e. The summed E-state index contributed by atoms with van der Waals surface area (Å²) in [4.78, 5) is 16.0. The predicted octanol–water partition coefficient (Wildman–Crippen LogP) is 3.88. The van der Waals surface area contributed by atoms with E-state index in [0.29, 0.717) is 16.5 Å². The lowest BCUT2D eigenvalue weighted by molar-refractivity contribution is 0.0699. The number of para-hydroxylation sites is 1. The van der Waals surface area contributed by atoms with Crippen molar-refractivity contribution in [2.75, 3.05) is 0 Å². The zero-order chi connectivity index (χ0) is 15.0. The Kier molecular flexibility index (Phi) is 3.47. The van der Waals surface area contributed by atoms with Crippen LogP contribution in [0.5, 0.6) is 0 Å². The van der Waals surface area contributed by atoms with E-state index in [4.69, 9.17) is 0 Å².